The summed E-state index contributed by atoms with van der Waals surface area (Å²) in [5.74, 6) is 0. The molecule has 2 rings (SSSR count). The van der Waals surface area contributed by atoms with Gasteiger partial charge in [-0.1, -0.05) is 35.4 Å². The first-order chi connectivity index (χ1) is 9.38. The zero-order valence-electron chi connectivity index (χ0n) is 11.2. The van der Waals surface area contributed by atoms with Crippen molar-refractivity contribution < 1.29 is 5.11 Å². The van der Waals surface area contributed by atoms with Crippen molar-refractivity contribution in [3.63, 3.8) is 0 Å². The van der Waals surface area contributed by atoms with E-state index in [1.54, 1.807) is 0 Å². The fraction of sp³-hybridized carbons (Fsp3) is 0.286. The Labute approximate surface area is 120 Å². The number of aliphatic hydroxyl groups is 1. The van der Waals surface area contributed by atoms with Crippen LogP contribution in [0.2, 0.25) is 5.02 Å². The van der Waals surface area contributed by atoms with Crippen LogP contribution in [0.5, 0.6) is 0 Å². The average molecular weight is 295 g/mol. The number of aromatic nitrogens is 2. The van der Waals surface area contributed by atoms with Gasteiger partial charge in [0.25, 0.3) is 5.56 Å². The molecule has 1 heterocycles. The van der Waals surface area contributed by atoms with Crippen molar-refractivity contribution in [2.24, 2.45) is 0 Å². The maximum absolute atomic E-state index is 11.6. The first-order valence-corrected chi connectivity index (χ1v) is 6.51. The second-order valence-corrected chi connectivity index (χ2v) is 5.17. The van der Waals surface area contributed by atoms with Gasteiger partial charge in [-0.25, -0.2) is 4.79 Å². The Bertz CT molecular complexity index is 749. The molecule has 0 radical (unpaired) electrons. The van der Waals surface area contributed by atoms with Crippen LogP contribution < -0.4 is 11.2 Å². The van der Waals surface area contributed by atoms with E-state index < -0.39 is 17.4 Å². The molecule has 0 saturated heterocycles. The number of halogens is 1. The molecule has 0 aliphatic rings. The lowest BCUT2D eigenvalue weighted by molar-refractivity contribution is 0.153. The van der Waals surface area contributed by atoms with Crippen LogP contribution >= 0.6 is 11.6 Å². The highest BCUT2D eigenvalue weighted by Gasteiger charge is 2.13. The summed E-state index contributed by atoms with van der Waals surface area (Å²) in [4.78, 5) is 24.9. The maximum Gasteiger partial charge on any atom is 0.328 e. The number of rotatable bonds is 3. The van der Waals surface area contributed by atoms with Gasteiger partial charge in [-0.2, -0.15) is 0 Å². The van der Waals surface area contributed by atoms with Gasteiger partial charge in [-0.3, -0.25) is 14.3 Å². The Hall–Kier alpha value is -1.85. The van der Waals surface area contributed by atoms with Gasteiger partial charge in [0.05, 0.1) is 12.6 Å². The molecular weight excluding hydrogens is 280 g/mol. The lowest BCUT2D eigenvalue weighted by Crippen LogP contribution is -2.31. The number of aryl methyl sites for hydroxylation is 2. The number of aliphatic hydroxyl groups excluding tert-OH is 1. The Morgan fingerprint density at radius 2 is 2.05 bits per heavy atom. The summed E-state index contributed by atoms with van der Waals surface area (Å²) in [7, 11) is 0. The van der Waals surface area contributed by atoms with Gasteiger partial charge in [-0.15, -0.1) is 0 Å². The quantitative estimate of drug-likeness (QED) is 0.901. The van der Waals surface area contributed by atoms with Crippen molar-refractivity contribution >= 4 is 11.6 Å². The Kier molecular flexibility index (Phi) is 4.11. The number of aromatic amines is 1. The van der Waals surface area contributed by atoms with Crippen LogP contribution in [-0.2, 0) is 6.54 Å². The fourth-order valence-electron chi connectivity index (χ4n) is 2.02. The van der Waals surface area contributed by atoms with Crippen LogP contribution in [0, 0.1) is 13.8 Å². The average Bonchev–Trinajstić information content (AvgIpc) is 2.38. The molecule has 2 aromatic rings. The van der Waals surface area contributed by atoms with E-state index in [9.17, 15) is 14.7 Å². The number of nitrogens with zero attached hydrogens (tertiary/aromatic N) is 1. The van der Waals surface area contributed by atoms with Crippen molar-refractivity contribution in [3.8, 4) is 0 Å². The van der Waals surface area contributed by atoms with Crippen molar-refractivity contribution in [1.29, 1.82) is 0 Å². The SMILES string of the molecule is Cc1ccc(C)c([C@@H](O)Cn2cc(Cl)c(=O)[nH]c2=O)c1. The molecule has 5 nitrogen and oxygen atoms in total. The highest BCUT2D eigenvalue weighted by Crippen LogP contribution is 2.20. The van der Waals surface area contributed by atoms with Crippen LogP contribution in [0.15, 0.2) is 34.0 Å². The van der Waals surface area contributed by atoms with Gasteiger partial charge >= 0.3 is 5.69 Å². The summed E-state index contributed by atoms with van der Waals surface area (Å²) in [6, 6.07) is 5.74. The number of benzene rings is 1. The molecule has 0 saturated carbocycles. The zero-order chi connectivity index (χ0) is 14.9. The van der Waals surface area contributed by atoms with Crippen molar-refractivity contribution in [1.82, 2.24) is 9.55 Å². The molecule has 20 heavy (non-hydrogen) atoms. The Balaban J connectivity index is 2.35. The fourth-order valence-corrected chi connectivity index (χ4v) is 2.19. The summed E-state index contributed by atoms with van der Waals surface area (Å²) >= 11 is 5.69. The number of hydrogen-bond acceptors (Lipinski definition) is 3. The third kappa shape index (κ3) is 3.00. The number of H-pyrrole nitrogens is 1. The van der Waals surface area contributed by atoms with Gasteiger partial charge in [-0.05, 0) is 25.0 Å². The topological polar surface area (TPSA) is 75.1 Å². The van der Waals surface area contributed by atoms with Gasteiger partial charge in [0.1, 0.15) is 5.02 Å². The highest BCUT2D eigenvalue weighted by molar-refractivity contribution is 6.30. The smallest absolute Gasteiger partial charge is 0.328 e. The van der Waals surface area contributed by atoms with Crippen LogP contribution in [-0.4, -0.2) is 14.7 Å². The largest absolute Gasteiger partial charge is 0.387 e. The minimum absolute atomic E-state index is 0.0274. The molecule has 0 amide bonds. The van der Waals surface area contributed by atoms with Crippen LogP contribution in [0.25, 0.3) is 0 Å². The zero-order valence-corrected chi connectivity index (χ0v) is 11.9. The normalized spacial score (nSPS) is 12.4. The molecule has 0 bridgehead atoms. The van der Waals surface area contributed by atoms with Gasteiger partial charge in [0.15, 0.2) is 0 Å². The highest BCUT2D eigenvalue weighted by atomic mass is 35.5. The minimum atomic E-state index is -0.852. The summed E-state index contributed by atoms with van der Waals surface area (Å²) in [6.45, 7) is 3.85. The summed E-state index contributed by atoms with van der Waals surface area (Å²) in [5.41, 5.74) is 1.49. The lowest BCUT2D eigenvalue weighted by atomic mass is 10.0. The predicted molar refractivity (Wildman–Crippen MR) is 77.2 cm³/mol. The van der Waals surface area contributed by atoms with Crippen LogP contribution in [0.3, 0.4) is 0 Å². The second-order valence-electron chi connectivity index (χ2n) is 4.76. The maximum atomic E-state index is 11.6. The van der Waals surface area contributed by atoms with E-state index in [0.717, 1.165) is 16.7 Å². The molecule has 1 aromatic carbocycles. The van der Waals surface area contributed by atoms with Gasteiger partial charge in [0, 0.05) is 6.20 Å². The molecule has 0 aliphatic heterocycles. The number of nitrogens with one attached hydrogen (secondary N) is 1. The van der Waals surface area contributed by atoms with Crippen LogP contribution in [0.4, 0.5) is 0 Å². The van der Waals surface area contributed by atoms with Crippen molar-refractivity contribution in [3.05, 3.63) is 66.9 Å². The van der Waals surface area contributed by atoms with E-state index in [-0.39, 0.29) is 11.6 Å². The summed E-state index contributed by atoms with van der Waals surface area (Å²) in [5, 5.41) is 10.2. The van der Waals surface area contributed by atoms with E-state index in [4.69, 9.17) is 11.6 Å². The molecular formula is C14H15ClN2O3. The molecule has 1 atom stereocenters. The molecule has 0 unspecified atom stereocenters. The van der Waals surface area contributed by atoms with E-state index >= 15 is 0 Å². The summed E-state index contributed by atoms with van der Waals surface area (Å²) < 4.78 is 1.19. The van der Waals surface area contributed by atoms with E-state index in [1.807, 2.05) is 32.0 Å². The Morgan fingerprint density at radius 1 is 1.35 bits per heavy atom. The van der Waals surface area contributed by atoms with Crippen molar-refractivity contribution in [2.45, 2.75) is 26.5 Å². The molecule has 0 fully saturated rings. The molecule has 6 heteroatoms. The first kappa shape index (κ1) is 14.6. The van der Waals surface area contributed by atoms with Crippen molar-refractivity contribution in [2.75, 3.05) is 0 Å². The Morgan fingerprint density at radius 3 is 2.75 bits per heavy atom. The van der Waals surface area contributed by atoms with E-state index in [2.05, 4.69) is 4.98 Å². The standard InChI is InChI=1S/C14H15ClN2O3/c1-8-3-4-9(2)10(5-8)12(18)7-17-6-11(15)13(19)16-14(17)20/h3-6,12,18H,7H2,1-2H3,(H,16,19,20)/t12-/m0/s1. The molecule has 106 valence electrons. The minimum Gasteiger partial charge on any atom is -0.387 e. The first-order valence-electron chi connectivity index (χ1n) is 6.13. The van der Waals surface area contributed by atoms with Gasteiger partial charge in [0.2, 0.25) is 0 Å². The van der Waals surface area contributed by atoms with E-state index in [0.29, 0.717) is 0 Å². The summed E-state index contributed by atoms with van der Waals surface area (Å²) in [6.07, 6.45) is 0.381. The van der Waals surface area contributed by atoms with Crippen LogP contribution in [0.1, 0.15) is 22.8 Å². The van der Waals surface area contributed by atoms with E-state index in [1.165, 1.54) is 10.8 Å². The monoisotopic (exact) mass is 294 g/mol. The third-order valence-electron chi connectivity index (χ3n) is 3.13. The third-order valence-corrected chi connectivity index (χ3v) is 3.40. The van der Waals surface area contributed by atoms with Gasteiger partial charge < -0.3 is 5.11 Å². The second kappa shape index (κ2) is 5.64. The molecule has 0 aliphatic carbocycles. The lowest BCUT2D eigenvalue weighted by Gasteiger charge is -2.15. The molecule has 1 aromatic heterocycles. The molecule has 0 spiro atoms. The molecule has 2 N–H and O–H groups in total. The number of hydrogen-bond donors (Lipinski definition) is 2. The predicted octanol–water partition coefficient (Wildman–Crippen LogP) is 1.54.